The zero-order valence-electron chi connectivity index (χ0n) is 8.84. The van der Waals surface area contributed by atoms with Crippen LogP contribution in [0.2, 0.25) is 5.02 Å². The van der Waals surface area contributed by atoms with Crippen LogP contribution in [0.25, 0.3) is 16.7 Å². The molecule has 1 aromatic carbocycles. The summed E-state index contributed by atoms with van der Waals surface area (Å²) in [6, 6.07) is 11.1. The summed E-state index contributed by atoms with van der Waals surface area (Å²) >= 11 is 6.09. The second kappa shape index (κ2) is 3.75. The van der Waals surface area contributed by atoms with Gasteiger partial charge in [0.1, 0.15) is 5.82 Å². The van der Waals surface area contributed by atoms with Crippen molar-refractivity contribution in [2.24, 2.45) is 0 Å². The Morgan fingerprint density at radius 2 is 1.94 bits per heavy atom. The maximum atomic E-state index is 6.09. The molecule has 3 rings (SSSR count). The van der Waals surface area contributed by atoms with Crippen LogP contribution in [0.3, 0.4) is 0 Å². The van der Waals surface area contributed by atoms with E-state index in [1.165, 1.54) is 0 Å². The largest absolute Gasteiger partial charge is 0.384 e. The number of nitrogens with two attached hydrogens (primary N) is 1. The van der Waals surface area contributed by atoms with Gasteiger partial charge >= 0.3 is 0 Å². The Bertz CT molecular complexity index is 690. The lowest BCUT2D eigenvalue weighted by molar-refractivity contribution is 0.877. The van der Waals surface area contributed by atoms with E-state index >= 15 is 0 Å². The minimum atomic E-state index is 0.466. The summed E-state index contributed by atoms with van der Waals surface area (Å²) < 4.78 is 1.72. The average molecular weight is 245 g/mol. The molecule has 0 fully saturated rings. The van der Waals surface area contributed by atoms with Gasteiger partial charge in [-0.3, -0.25) is 0 Å². The van der Waals surface area contributed by atoms with Crippen LogP contribution in [0, 0.1) is 0 Å². The molecule has 0 saturated heterocycles. The number of fused-ring (bicyclic) bond motifs is 1. The SMILES string of the molecule is Nc1cccc(-n2ncc3c(Cl)cccc32)n1. The van der Waals surface area contributed by atoms with Gasteiger partial charge in [0, 0.05) is 5.39 Å². The topological polar surface area (TPSA) is 56.7 Å². The highest BCUT2D eigenvalue weighted by atomic mass is 35.5. The lowest BCUT2D eigenvalue weighted by atomic mass is 10.2. The fourth-order valence-corrected chi connectivity index (χ4v) is 1.97. The predicted molar refractivity (Wildman–Crippen MR) is 68.3 cm³/mol. The molecule has 5 heteroatoms. The van der Waals surface area contributed by atoms with Crippen LogP contribution < -0.4 is 5.73 Å². The van der Waals surface area contributed by atoms with Gasteiger partial charge in [-0.1, -0.05) is 23.7 Å². The third kappa shape index (κ3) is 1.62. The van der Waals surface area contributed by atoms with Gasteiger partial charge in [-0.15, -0.1) is 0 Å². The average Bonchev–Trinajstić information content (AvgIpc) is 2.74. The molecule has 0 unspecified atom stereocenters. The van der Waals surface area contributed by atoms with Crippen molar-refractivity contribution in [1.29, 1.82) is 0 Å². The second-order valence-corrected chi connectivity index (χ2v) is 4.06. The minimum absolute atomic E-state index is 0.466. The number of nitrogen functional groups attached to an aromatic ring is 1. The molecule has 2 heterocycles. The molecule has 2 aromatic heterocycles. The quantitative estimate of drug-likeness (QED) is 0.716. The highest BCUT2D eigenvalue weighted by Gasteiger charge is 2.07. The summed E-state index contributed by atoms with van der Waals surface area (Å²) in [5, 5.41) is 5.86. The van der Waals surface area contributed by atoms with E-state index in [2.05, 4.69) is 10.1 Å². The fraction of sp³-hybridized carbons (Fsp3) is 0. The summed E-state index contributed by atoms with van der Waals surface area (Å²) in [5.41, 5.74) is 6.57. The van der Waals surface area contributed by atoms with Crippen molar-refractivity contribution >= 4 is 28.3 Å². The van der Waals surface area contributed by atoms with Gasteiger partial charge in [0.15, 0.2) is 5.82 Å². The molecule has 0 aliphatic carbocycles. The number of rotatable bonds is 1. The molecule has 0 amide bonds. The number of hydrogen-bond donors (Lipinski definition) is 1. The first-order valence-electron chi connectivity index (χ1n) is 5.11. The molecule has 84 valence electrons. The Kier molecular flexibility index (Phi) is 2.23. The maximum Gasteiger partial charge on any atom is 0.156 e. The summed E-state index contributed by atoms with van der Waals surface area (Å²) in [5.74, 6) is 1.15. The first-order chi connectivity index (χ1) is 8.25. The molecule has 0 spiro atoms. The van der Waals surface area contributed by atoms with Crippen LogP contribution >= 0.6 is 11.6 Å². The van der Waals surface area contributed by atoms with E-state index in [4.69, 9.17) is 17.3 Å². The maximum absolute atomic E-state index is 6.09. The van der Waals surface area contributed by atoms with Crippen molar-refractivity contribution in [3.8, 4) is 5.82 Å². The third-order valence-corrected chi connectivity index (χ3v) is 2.86. The minimum Gasteiger partial charge on any atom is -0.384 e. The molecule has 0 aliphatic rings. The fourth-order valence-electron chi connectivity index (χ4n) is 1.76. The van der Waals surface area contributed by atoms with E-state index in [0.29, 0.717) is 16.7 Å². The van der Waals surface area contributed by atoms with E-state index in [-0.39, 0.29) is 0 Å². The van der Waals surface area contributed by atoms with E-state index < -0.39 is 0 Å². The van der Waals surface area contributed by atoms with Crippen LogP contribution in [0.1, 0.15) is 0 Å². The van der Waals surface area contributed by atoms with Crippen LogP contribution in [0.15, 0.2) is 42.6 Å². The number of benzene rings is 1. The van der Waals surface area contributed by atoms with E-state index in [1.54, 1.807) is 16.9 Å². The van der Waals surface area contributed by atoms with Crippen molar-refractivity contribution < 1.29 is 0 Å². The molecule has 4 nitrogen and oxygen atoms in total. The third-order valence-electron chi connectivity index (χ3n) is 2.53. The number of anilines is 1. The van der Waals surface area contributed by atoms with Crippen molar-refractivity contribution in [3.63, 3.8) is 0 Å². The first kappa shape index (κ1) is 10.1. The van der Waals surface area contributed by atoms with Gasteiger partial charge in [0.25, 0.3) is 0 Å². The molecule has 2 N–H and O–H groups in total. The second-order valence-electron chi connectivity index (χ2n) is 3.65. The van der Waals surface area contributed by atoms with E-state index in [9.17, 15) is 0 Å². The van der Waals surface area contributed by atoms with Gasteiger partial charge in [-0.2, -0.15) is 5.10 Å². The molecular weight excluding hydrogens is 236 g/mol. The summed E-state index contributed by atoms with van der Waals surface area (Å²) in [4.78, 5) is 4.23. The summed E-state index contributed by atoms with van der Waals surface area (Å²) in [6.07, 6.45) is 1.72. The van der Waals surface area contributed by atoms with Crippen LogP contribution in [-0.4, -0.2) is 14.8 Å². The molecule has 0 saturated carbocycles. The molecule has 0 bridgehead atoms. The van der Waals surface area contributed by atoms with Crippen LogP contribution in [0.4, 0.5) is 5.82 Å². The molecular formula is C12H9ClN4. The smallest absolute Gasteiger partial charge is 0.156 e. The number of pyridine rings is 1. The van der Waals surface area contributed by atoms with Crippen molar-refractivity contribution in [2.75, 3.05) is 5.73 Å². The summed E-state index contributed by atoms with van der Waals surface area (Å²) in [6.45, 7) is 0. The molecule has 17 heavy (non-hydrogen) atoms. The van der Waals surface area contributed by atoms with Crippen LogP contribution in [0.5, 0.6) is 0 Å². The van der Waals surface area contributed by atoms with E-state index in [0.717, 1.165) is 10.9 Å². The Morgan fingerprint density at radius 3 is 2.76 bits per heavy atom. The number of halogens is 1. The normalized spacial score (nSPS) is 10.9. The van der Waals surface area contributed by atoms with Crippen molar-refractivity contribution in [1.82, 2.24) is 14.8 Å². The highest BCUT2D eigenvalue weighted by Crippen LogP contribution is 2.24. The van der Waals surface area contributed by atoms with Crippen LogP contribution in [-0.2, 0) is 0 Å². The highest BCUT2D eigenvalue weighted by molar-refractivity contribution is 6.35. The lowest BCUT2D eigenvalue weighted by Crippen LogP contribution is -2.01. The van der Waals surface area contributed by atoms with Gasteiger partial charge in [0.2, 0.25) is 0 Å². The Morgan fingerprint density at radius 1 is 1.12 bits per heavy atom. The van der Waals surface area contributed by atoms with E-state index in [1.807, 2.05) is 30.3 Å². The Labute approximate surface area is 103 Å². The van der Waals surface area contributed by atoms with Crippen molar-refractivity contribution in [2.45, 2.75) is 0 Å². The molecule has 0 aliphatic heterocycles. The Balaban J connectivity index is 2.28. The summed E-state index contributed by atoms with van der Waals surface area (Å²) in [7, 11) is 0. The molecule has 3 aromatic rings. The Hall–Kier alpha value is -2.07. The van der Waals surface area contributed by atoms with Gasteiger partial charge in [-0.05, 0) is 24.3 Å². The standard InChI is InChI=1S/C12H9ClN4/c13-9-3-1-4-10-8(9)7-15-17(10)12-6-2-5-11(14)16-12/h1-7H,(H2,14,16). The number of aromatic nitrogens is 3. The molecule has 0 atom stereocenters. The zero-order chi connectivity index (χ0) is 11.8. The number of hydrogen-bond acceptors (Lipinski definition) is 3. The predicted octanol–water partition coefficient (Wildman–Crippen LogP) is 2.66. The van der Waals surface area contributed by atoms with Gasteiger partial charge in [0.05, 0.1) is 16.7 Å². The van der Waals surface area contributed by atoms with Crippen molar-refractivity contribution in [3.05, 3.63) is 47.6 Å². The molecule has 0 radical (unpaired) electrons. The van der Waals surface area contributed by atoms with Gasteiger partial charge < -0.3 is 5.73 Å². The number of nitrogens with zero attached hydrogens (tertiary/aromatic N) is 3. The van der Waals surface area contributed by atoms with Gasteiger partial charge in [-0.25, -0.2) is 9.67 Å². The first-order valence-corrected chi connectivity index (χ1v) is 5.48. The monoisotopic (exact) mass is 244 g/mol. The lowest BCUT2D eigenvalue weighted by Gasteiger charge is -2.03. The zero-order valence-corrected chi connectivity index (χ0v) is 9.59.